The predicted octanol–water partition coefficient (Wildman–Crippen LogP) is 2.79. The number of methoxy groups -OCH3 is 1. The molecule has 20 heavy (non-hydrogen) atoms. The van der Waals surface area contributed by atoms with E-state index in [1.165, 1.54) is 5.56 Å². The van der Waals surface area contributed by atoms with Gasteiger partial charge in [-0.05, 0) is 26.0 Å². The Hall–Kier alpha value is -1.10. The minimum Gasteiger partial charge on any atom is -0.494 e. The topological polar surface area (TPSA) is 39.7 Å². The van der Waals surface area contributed by atoms with Crippen LogP contribution in [0.15, 0.2) is 24.3 Å². The monoisotopic (exact) mass is 281 g/mol. The maximum absolute atomic E-state index is 5.71. The lowest BCUT2D eigenvalue weighted by molar-refractivity contribution is 0.0657. The van der Waals surface area contributed by atoms with Crippen molar-refractivity contribution in [2.75, 3.05) is 40.1 Å². The van der Waals surface area contributed by atoms with E-state index in [-0.39, 0.29) is 6.04 Å². The van der Waals surface area contributed by atoms with Gasteiger partial charge in [0.1, 0.15) is 5.75 Å². The Balaban J connectivity index is 2.60. The van der Waals surface area contributed by atoms with E-state index < -0.39 is 0 Å². The van der Waals surface area contributed by atoms with E-state index in [0.717, 1.165) is 18.7 Å². The summed E-state index contributed by atoms with van der Waals surface area (Å²) in [5, 5.41) is 3.50. The fraction of sp³-hybridized carbons (Fsp3) is 0.625. The van der Waals surface area contributed by atoms with Gasteiger partial charge < -0.3 is 19.5 Å². The average molecular weight is 281 g/mol. The van der Waals surface area contributed by atoms with E-state index in [1.807, 2.05) is 25.1 Å². The third-order valence-electron chi connectivity index (χ3n) is 3.03. The highest BCUT2D eigenvalue weighted by Crippen LogP contribution is 2.27. The smallest absolute Gasteiger partial charge is 0.124 e. The van der Waals surface area contributed by atoms with Crippen molar-refractivity contribution in [3.05, 3.63) is 29.8 Å². The van der Waals surface area contributed by atoms with Gasteiger partial charge in [0.25, 0.3) is 0 Å². The summed E-state index contributed by atoms with van der Waals surface area (Å²) in [6.07, 6.45) is 0.918. The molecule has 0 bridgehead atoms. The van der Waals surface area contributed by atoms with E-state index in [9.17, 15) is 0 Å². The van der Waals surface area contributed by atoms with Crippen LogP contribution in [0.5, 0.6) is 5.75 Å². The minimum absolute atomic E-state index is 0.255. The van der Waals surface area contributed by atoms with E-state index in [2.05, 4.69) is 18.3 Å². The standard InChI is InChI=1S/C16H27NO3/c1-4-17-15(10-11-19-13-12-18-3)14-8-6-7-9-16(14)20-5-2/h6-9,15,17H,4-5,10-13H2,1-3H3. The molecule has 114 valence electrons. The molecule has 1 N–H and O–H groups in total. The highest BCUT2D eigenvalue weighted by molar-refractivity contribution is 5.36. The summed E-state index contributed by atoms with van der Waals surface area (Å²) in [6.45, 7) is 7.71. The molecule has 0 aliphatic carbocycles. The van der Waals surface area contributed by atoms with Crippen molar-refractivity contribution in [2.45, 2.75) is 26.3 Å². The molecule has 0 aliphatic rings. The molecule has 0 aliphatic heterocycles. The molecule has 1 rings (SSSR count). The van der Waals surface area contributed by atoms with Gasteiger partial charge in [-0.2, -0.15) is 0 Å². The van der Waals surface area contributed by atoms with E-state index in [4.69, 9.17) is 14.2 Å². The third kappa shape index (κ3) is 5.90. The van der Waals surface area contributed by atoms with E-state index in [1.54, 1.807) is 7.11 Å². The summed E-state index contributed by atoms with van der Waals surface area (Å²) >= 11 is 0. The Labute approximate surface area is 122 Å². The number of ether oxygens (including phenoxy) is 3. The first kappa shape index (κ1) is 17.0. The van der Waals surface area contributed by atoms with Crippen molar-refractivity contribution in [1.29, 1.82) is 0 Å². The highest BCUT2D eigenvalue weighted by atomic mass is 16.5. The normalized spacial score (nSPS) is 12.3. The van der Waals surface area contributed by atoms with Gasteiger partial charge in [0, 0.05) is 25.3 Å². The number of hydrogen-bond donors (Lipinski definition) is 1. The SMILES string of the molecule is CCNC(CCOCCOC)c1ccccc1OCC. The first-order valence-corrected chi connectivity index (χ1v) is 7.35. The molecule has 0 saturated heterocycles. The molecular formula is C16H27NO3. The van der Waals surface area contributed by atoms with Crippen molar-refractivity contribution in [3.8, 4) is 5.75 Å². The summed E-state index contributed by atoms with van der Waals surface area (Å²) in [5.74, 6) is 0.956. The van der Waals surface area contributed by atoms with Crippen LogP contribution in [0, 0.1) is 0 Å². The van der Waals surface area contributed by atoms with Crippen molar-refractivity contribution in [1.82, 2.24) is 5.32 Å². The number of rotatable bonds is 11. The molecule has 0 amide bonds. The van der Waals surface area contributed by atoms with Gasteiger partial charge >= 0.3 is 0 Å². The maximum atomic E-state index is 5.71. The van der Waals surface area contributed by atoms with E-state index in [0.29, 0.717) is 26.4 Å². The lowest BCUT2D eigenvalue weighted by Crippen LogP contribution is -2.23. The van der Waals surface area contributed by atoms with Gasteiger partial charge in [0.05, 0.1) is 19.8 Å². The Morgan fingerprint density at radius 2 is 1.90 bits per heavy atom. The zero-order chi connectivity index (χ0) is 14.6. The third-order valence-corrected chi connectivity index (χ3v) is 3.03. The van der Waals surface area contributed by atoms with Crippen molar-refractivity contribution >= 4 is 0 Å². The molecule has 0 radical (unpaired) electrons. The summed E-state index contributed by atoms with van der Waals surface area (Å²) < 4.78 is 16.2. The number of hydrogen-bond acceptors (Lipinski definition) is 4. The Morgan fingerprint density at radius 3 is 2.60 bits per heavy atom. The summed E-state index contributed by atoms with van der Waals surface area (Å²) in [6, 6.07) is 8.45. The van der Waals surface area contributed by atoms with Gasteiger partial charge in [0.15, 0.2) is 0 Å². The summed E-state index contributed by atoms with van der Waals surface area (Å²) in [4.78, 5) is 0. The molecule has 1 atom stereocenters. The van der Waals surface area contributed by atoms with Crippen LogP contribution < -0.4 is 10.1 Å². The van der Waals surface area contributed by atoms with Gasteiger partial charge in [-0.3, -0.25) is 0 Å². The average Bonchev–Trinajstić information content (AvgIpc) is 2.47. The van der Waals surface area contributed by atoms with Gasteiger partial charge in [-0.25, -0.2) is 0 Å². The van der Waals surface area contributed by atoms with Crippen LogP contribution in [-0.4, -0.2) is 40.1 Å². The Bertz CT molecular complexity index is 357. The Morgan fingerprint density at radius 1 is 1.10 bits per heavy atom. The van der Waals surface area contributed by atoms with E-state index >= 15 is 0 Å². The van der Waals surface area contributed by atoms with Crippen LogP contribution in [0.2, 0.25) is 0 Å². The molecule has 4 heteroatoms. The van der Waals surface area contributed by atoms with Crippen molar-refractivity contribution in [3.63, 3.8) is 0 Å². The zero-order valence-corrected chi connectivity index (χ0v) is 12.9. The van der Waals surface area contributed by atoms with Crippen molar-refractivity contribution in [2.24, 2.45) is 0 Å². The van der Waals surface area contributed by atoms with Crippen LogP contribution in [-0.2, 0) is 9.47 Å². The summed E-state index contributed by atoms with van der Waals surface area (Å²) in [5.41, 5.74) is 1.20. The molecule has 0 spiro atoms. The Kier molecular flexibility index (Phi) is 9.04. The predicted molar refractivity (Wildman–Crippen MR) is 81.3 cm³/mol. The molecule has 1 aromatic carbocycles. The lowest BCUT2D eigenvalue weighted by atomic mass is 10.0. The first-order chi connectivity index (χ1) is 9.83. The van der Waals surface area contributed by atoms with Gasteiger partial charge in [-0.1, -0.05) is 25.1 Å². The second kappa shape index (κ2) is 10.7. The largest absolute Gasteiger partial charge is 0.494 e. The molecule has 0 aromatic heterocycles. The van der Waals surface area contributed by atoms with Crippen LogP contribution in [0.25, 0.3) is 0 Å². The number of para-hydroxylation sites is 1. The quantitative estimate of drug-likeness (QED) is 0.633. The second-order valence-electron chi connectivity index (χ2n) is 4.47. The highest BCUT2D eigenvalue weighted by Gasteiger charge is 2.14. The van der Waals surface area contributed by atoms with Crippen molar-refractivity contribution < 1.29 is 14.2 Å². The zero-order valence-electron chi connectivity index (χ0n) is 12.9. The summed E-state index contributed by atoms with van der Waals surface area (Å²) in [7, 11) is 1.68. The fourth-order valence-corrected chi connectivity index (χ4v) is 2.11. The molecule has 0 heterocycles. The number of nitrogens with one attached hydrogen (secondary N) is 1. The molecule has 1 unspecified atom stereocenters. The molecule has 4 nitrogen and oxygen atoms in total. The first-order valence-electron chi connectivity index (χ1n) is 7.35. The maximum Gasteiger partial charge on any atom is 0.124 e. The van der Waals surface area contributed by atoms with Crippen LogP contribution in [0.1, 0.15) is 31.9 Å². The minimum atomic E-state index is 0.255. The van der Waals surface area contributed by atoms with Crippen LogP contribution >= 0.6 is 0 Å². The lowest BCUT2D eigenvalue weighted by Gasteiger charge is -2.21. The fourth-order valence-electron chi connectivity index (χ4n) is 2.11. The van der Waals surface area contributed by atoms with Gasteiger partial charge in [-0.15, -0.1) is 0 Å². The van der Waals surface area contributed by atoms with Crippen LogP contribution in [0.3, 0.4) is 0 Å². The van der Waals surface area contributed by atoms with Crippen LogP contribution in [0.4, 0.5) is 0 Å². The molecule has 0 fully saturated rings. The molecular weight excluding hydrogens is 254 g/mol. The van der Waals surface area contributed by atoms with Gasteiger partial charge in [0.2, 0.25) is 0 Å². The number of benzene rings is 1. The molecule has 1 aromatic rings. The molecule has 0 saturated carbocycles. The second-order valence-corrected chi connectivity index (χ2v) is 4.47.